The van der Waals surface area contributed by atoms with Crippen LogP contribution in [-0.2, 0) is 0 Å². The van der Waals surface area contributed by atoms with E-state index in [9.17, 15) is 4.79 Å². The Labute approximate surface area is 159 Å². The monoisotopic (exact) mass is 388 g/mol. The van der Waals surface area contributed by atoms with E-state index in [2.05, 4.69) is 20.7 Å². The van der Waals surface area contributed by atoms with Gasteiger partial charge in [-0.25, -0.2) is 5.43 Å². The molecule has 1 aromatic carbocycles. The highest BCUT2D eigenvalue weighted by molar-refractivity contribution is 6.35. The van der Waals surface area contributed by atoms with Crippen molar-refractivity contribution in [2.45, 2.75) is 13.8 Å². The van der Waals surface area contributed by atoms with Gasteiger partial charge in [0.25, 0.3) is 5.91 Å². The summed E-state index contributed by atoms with van der Waals surface area (Å²) in [5.41, 5.74) is 5.27. The molecule has 0 unspecified atom stereocenters. The zero-order valence-electron chi connectivity index (χ0n) is 14.0. The Morgan fingerprint density at radius 3 is 2.65 bits per heavy atom. The van der Waals surface area contributed by atoms with Crippen molar-refractivity contribution in [3.63, 3.8) is 0 Å². The highest BCUT2D eigenvalue weighted by Crippen LogP contribution is 2.33. The lowest BCUT2D eigenvalue weighted by atomic mass is 10.0. The predicted molar refractivity (Wildman–Crippen MR) is 101 cm³/mol. The molecule has 2 heterocycles. The number of carbonyl (C=O) groups is 1. The fourth-order valence-electron chi connectivity index (χ4n) is 2.42. The van der Waals surface area contributed by atoms with Crippen molar-refractivity contribution >= 4 is 34.8 Å². The Hall–Kier alpha value is -2.70. The summed E-state index contributed by atoms with van der Waals surface area (Å²) in [5.74, 6) is 0.207. The van der Waals surface area contributed by atoms with Crippen molar-refractivity contribution in [2.75, 3.05) is 0 Å². The lowest BCUT2D eigenvalue weighted by molar-refractivity contribution is 0.0954. The van der Waals surface area contributed by atoms with Crippen molar-refractivity contribution in [3.8, 4) is 11.3 Å². The van der Waals surface area contributed by atoms with E-state index in [0.717, 1.165) is 0 Å². The second-order valence-electron chi connectivity index (χ2n) is 5.46. The van der Waals surface area contributed by atoms with Crippen LogP contribution in [0.15, 0.2) is 52.4 Å². The van der Waals surface area contributed by atoms with Crippen LogP contribution in [0.5, 0.6) is 0 Å². The fourth-order valence-corrected chi connectivity index (χ4v) is 2.80. The lowest BCUT2D eigenvalue weighted by Crippen LogP contribution is -2.19. The van der Waals surface area contributed by atoms with Gasteiger partial charge in [0.1, 0.15) is 11.5 Å². The van der Waals surface area contributed by atoms with Gasteiger partial charge in [0.05, 0.1) is 16.3 Å². The van der Waals surface area contributed by atoms with E-state index < -0.39 is 0 Å². The van der Waals surface area contributed by atoms with Gasteiger partial charge in [0, 0.05) is 28.5 Å². The number of halogens is 2. The van der Waals surface area contributed by atoms with E-state index in [1.165, 1.54) is 12.4 Å². The molecule has 132 valence electrons. The van der Waals surface area contributed by atoms with Crippen LogP contribution in [0, 0.1) is 6.92 Å². The van der Waals surface area contributed by atoms with Crippen LogP contribution in [0.2, 0.25) is 10.0 Å². The molecule has 0 aliphatic rings. The SMILES string of the molecule is CC(=NNC(=O)c1ccncc1)c1c(-c2cc(Cl)ccc2Cl)noc1C. The zero-order valence-corrected chi connectivity index (χ0v) is 15.5. The predicted octanol–water partition coefficient (Wildman–Crippen LogP) is 4.51. The molecule has 0 aliphatic carbocycles. The number of carbonyl (C=O) groups excluding carboxylic acids is 1. The van der Waals surface area contributed by atoms with Crippen LogP contribution in [0.4, 0.5) is 0 Å². The molecule has 1 N–H and O–H groups in total. The average Bonchev–Trinajstić information content (AvgIpc) is 3.03. The number of aryl methyl sites for hydroxylation is 1. The smallest absolute Gasteiger partial charge is 0.271 e. The van der Waals surface area contributed by atoms with Crippen molar-refractivity contribution in [1.29, 1.82) is 0 Å². The lowest BCUT2D eigenvalue weighted by Gasteiger charge is -2.06. The summed E-state index contributed by atoms with van der Waals surface area (Å²) in [6.07, 6.45) is 3.07. The molecule has 0 aliphatic heterocycles. The average molecular weight is 389 g/mol. The first-order valence-electron chi connectivity index (χ1n) is 7.64. The Kier molecular flexibility index (Phi) is 5.35. The summed E-state index contributed by atoms with van der Waals surface area (Å²) in [4.78, 5) is 16.0. The Balaban J connectivity index is 1.93. The van der Waals surface area contributed by atoms with Gasteiger partial charge in [-0.15, -0.1) is 0 Å². The van der Waals surface area contributed by atoms with Crippen LogP contribution in [0.25, 0.3) is 11.3 Å². The number of benzene rings is 1. The van der Waals surface area contributed by atoms with E-state index in [0.29, 0.717) is 43.9 Å². The maximum absolute atomic E-state index is 12.1. The van der Waals surface area contributed by atoms with Crippen LogP contribution in [-0.4, -0.2) is 21.8 Å². The number of hydrogen-bond acceptors (Lipinski definition) is 5. The standard InChI is InChI=1S/C18H14Cl2N4O2/c1-10(22-23-18(25)12-5-7-21-8-6-12)16-11(2)26-24-17(16)14-9-13(19)3-4-15(14)20/h3-9H,1-2H3,(H,23,25). The molecule has 1 amide bonds. The van der Waals surface area contributed by atoms with Crippen molar-refractivity contribution in [3.05, 3.63) is 69.7 Å². The van der Waals surface area contributed by atoms with Gasteiger partial charge in [-0.1, -0.05) is 28.4 Å². The summed E-state index contributed by atoms with van der Waals surface area (Å²) in [7, 11) is 0. The van der Waals surface area contributed by atoms with Gasteiger partial charge in [-0.3, -0.25) is 9.78 Å². The molecule has 0 saturated heterocycles. The Morgan fingerprint density at radius 2 is 1.92 bits per heavy atom. The third-order valence-corrected chi connectivity index (χ3v) is 4.24. The minimum Gasteiger partial charge on any atom is -0.360 e. The molecule has 0 radical (unpaired) electrons. The number of nitrogens with zero attached hydrogens (tertiary/aromatic N) is 3. The van der Waals surface area contributed by atoms with Gasteiger partial charge < -0.3 is 4.52 Å². The first-order valence-corrected chi connectivity index (χ1v) is 8.39. The van der Waals surface area contributed by atoms with Gasteiger partial charge in [0.2, 0.25) is 0 Å². The third kappa shape index (κ3) is 3.76. The van der Waals surface area contributed by atoms with E-state index >= 15 is 0 Å². The molecular formula is C18H14Cl2N4O2. The molecule has 8 heteroatoms. The van der Waals surface area contributed by atoms with Crippen molar-refractivity contribution in [1.82, 2.24) is 15.6 Å². The Bertz CT molecular complexity index is 984. The molecule has 3 aromatic rings. The second kappa shape index (κ2) is 7.68. The second-order valence-corrected chi connectivity index (χ2v) is 6.30. The minimum absolute atomic E-state index is 0.344. The summed E-state index contributed by atoms with van der Waals surface area (Å²) in [6, 6.07) is 8.28. The van der Waals surface area contributed by atoms with E-state index in [4.69, 9.17) is 27.7 Å². The first-order chi connectivity index (χ1) is 12.5. The maximum atomic E-state index is 12.1. The fraction of sp³-hybridized carbons (Fsp3) is 0.111. The summed E-state index contributed by atoms with van der Waals surface area (Å²) in [5, 5.41) is 9.25. The number of rotatable bonds is 4. The topological polar surface area (TPSA) is 80.4 Å². The molecule has 0 bridgehead atoms. The van der Waals surface area contributed by atoms with Gasteiger partial charge in [0.15, 0.2) is 0 Å². The number of aromatic nitrogens is 2. The zero-order chi connectivity index (χ0) is 18.7. The van der Waals surface area contributed by atoms with E-state index in [1.54, 1.807) is 44.2 Å². The van der Waals surface area contributed by atoms with Crippen LogP contribution < -0.4 is 5.43 Å². The quantitative estimate of drug-likeness (QED) is 0.526. The summed E-state index contributed by atoms with van der Waals surface area (Å²) >= 11 is 12.3. The molecule has 26 heavy (non-hydrogen) atoms. The normalized spacial score (nSPS) is 11.5. The maximum Gasteiger partial charge on any atom is 0.271 e. The molecular weight excluding hydrogens is 375 g/mol. The van der Waals surface area contributed by atoms with Crippen LogP contribution >= 0.6 is 23.2 Å². The summed E-state index contributed by atoms with van der Waals surface area (Å²) in [6.45, 7) is 3.50. The van der Waals surface area contributed by atoms with Crippen LogP contribution in [0.3, 0.4) is 0 Å². The van der Waals surface area contributed by atoms with Gasteiger partial charge >= 0.3 is 0 Å². The molecule has 3 rings (SSSR count). The number of pyridine rings is 1. The molecule has 2 aromatic heterocycles. The number of hydrazone groups is 1. The highest BCUT2D eigenvalue weighted by Gasteiger charge is 2.20. The molecule has 0 spiro atoms. The molecule has 0 atom stereocenters. The first kappa shape index (κ1) is 18.1. The molecule has 0 saturated carbocycles. The number of hydrogen-bond donors (Lipinski definition) is 1. The van der Waals surface area contributed by atoms with E-state index in [1.807, 2.05) is 0 Å². The van der Waals surface area contributed by atoms with Crippen molar-refractivity contribution < 1.29 is 9.32 Å². The summed E-state index contributed by atoms with van der Waals surface area (Å²) < 4.78 is 5.30. The van der Waals surface area contributed by atoms with Crippen molar-refractivity contribution in [2.24, 2.45) is 5.10 Å². The molecule has 0 fully saturated rings. The largest absolute Gasteiger partial charge is 0.360 e. The van der Waals surface area contributed by atoms with Gasteiger partial charge in [-0.05, 0) is 44.2 Å². The van der Waals surface area contributed by atoms with Crippen LogP contribution in [0.1, 0.15) is 28.6 Å². The molecule has 6 nitrogen and oxygen atoms in total. The Morgan fingerprint density at radius 1 is 1.19 bits per heavy atom. The minimum atomic E-state index is -0.344. The van der Waals surface area contributed by atoms with E-state index in [-0.39, 0.29) is 5.91 Å². The number of nitrogens with one attached hydrogen (secondary N) is 1. The van der Waals surface area contributed by atoms with Gasteiger partial charge in [-0.2, -0.15) is 5.10 Å². The number of amides is 1. The third-order valence-electron chi connectivity index (χ3n) is 3.68. The highest BCUT2D eigenvalue weighted by atomic mass is 35.5.